The van der Waals surface area contributed by atoms with Crippen LogP contribution in [0.1, 0.15) is 25.3 Å². The van der Waals surface area contributed by atoms with E-state index in [-0.39, 0.29) is 17.8 Å². The Hall–Kier alpha value is -1.17. The van der Waals surface area contributed by atoms with Crippen molar-refractivity contribution >= 4 is 17.5 Å². The molecule has 1 fully saturated rings. The largest absolute Gasteiger partial charge is 0.351 e. The summed E-state index contributed by atoms with van der Waals surface area (Å²) in [5, 5.41) is 3.40. The van der Waals surface area contributed by atoms with Crippen molar-refractivity contribution in [2.75, 3.05) is 13.1 Å². The lowest BCUT2D eigenvalue weighted by molar-refractivity contribution is -0.123. The van der Waals surface area contributed by atoms with Gasteiger partial charge in [0.25, 0.3) is 0 Å². The highest BCUT2D eigenvalue weighted by atomic mass is 35.5. The maximum Gasteiger partial charge on any atom is 0.236 e. The quantitative estimate of drug-likeness (QED) is 0.892. The number of carbonyl (C=O) groups is 1. The number of benzene rings is 1. The van der Waals surface area contributed by atoms with E-state index >= 15 is 0 Å². The summed E-state index contributed by atoms with van der Waals surface area (Å²) in [6, 6.07) is 4.07. The number of amides is 1. The monoisotopic (exact) mass is 313 g/mol. The zero-order valence-corrected chi connectivity index (χ0v) is 12.9. The van der Waals surface area contributed by atoms with E-state index in [9.17, 15) is 9.18 Å². The minimum Gasteiger partial charge on any atom is -0.351 e. The van der Waals surface area contributed by atoms with Crippen LogP contribution in [0.5, 0.6) is 0 Å². The molecule has 21 heavy (non-hydrogen) atoms. The zero-order chi connectivity index (χ0) is 15.4. The first-order chi connectivity index (χ1) is 9.95. The number of nitrogens with zero attached hydrogens (tertiary/aromatic N) is 1. The molecule has 0 unspecified atom stereocenters. The maximum atomic E-state index is 13.0. The van der Waals surface area contributed by atoms with Crippen LogP contribution in [-0.2, 0) is 11.3 Å². The minimum absolute atomic E-state index is 0.108. The predicted octanol–water partition coefficient (Wildman–Crippen LogP) is 1.91. The summed E-state index contributed by atoms with van der Waals surface area (Å²) < 4.78 is 13.0. The van der Waals surface area contributed by atoms with Crippen LogP contribution in [0.2, 0.25) is 5.02 Å². The molecule has 0 saturated carbocycles. The van der Waals surface area contributed by atoms with E-state index in [1.165, 1.54) is 12.1 Å². The number of likely N-dealkylation sites (tertiary alicyclic amines) is 1. The van der Waals surface area contributed by atoms with Gasteiger partial charge < -0.3 is 11.1 Å². The minimum atomic E-state index is -0.494. The molecular formula is C15H21ClFN3O. The van der Waals surface area contributed by atoms with Crippen molar-refractivity contribution in [1.29, 1.82) is 0 Å². The van der Waals surface area contributed by atoms with Gasteiger partial charge in [-0.15, -0.1) is 0 Å². The van der Waals surface area contributed by atoms with Crippen molar-refractivity contribution in [3.63, 3.8) is 0 Å². The van der Waals surface area contributed by atoms with Crippen LogP contribution in [0.3, 0.4) is 0 Å². The number of piperidine rings is 1. The molecule has 1 aromatic rings. The smallest absolute Gasteiger partial charge is 0.236 e. The Morgan fingerprint density at radius 2 is 2.38 bits per heavy atom. The lowest BCUT2D eigenvalue weighted by Crippen LogP contribution is -2.51. The van der Waals surface area contributed by atoms with Gasteiger partial charge in [-0.2, -0.15) is 0 Å². The lowest BCUT2D eigenvalue weighted by Gasteiger charge is -2.33. The molecule has 0 bridgehead atoms. The number of carbonyl (C=O) groups excluding carboxylic acids is 1. The van der Waals surface area contributed by atoms with Crippen molar-refractivity contribution in [3.8, 4) is 0 Å². The number of hydrogen-bond donors (Lipinski definition) is 2. The van der Waals surface area contributed by atoms with E-state index in [0.29, 0.717) is 11.6 Å². The van der Waals surface area contributed by atoms with Crippen molar-refractivity contribution in [2.45, 2.75) is 38.4 Å². The molecule has 6 heteroatoms. The van der Waals surface area contributed by atoms with E-state index in [4.69, 9.17) is 17.3 Å². The molecule has 0 aliphatic carbocycles. The summed E-state index contributed by atoms with van der Waals surface area (Å²) in [6.45, 7) is 4.03. The molecule has 1 aliphatic rings. The molecule has 116 valence electrons. The Morgan fingerprint density at radius 3 is 3.05 bits per heavy atom. The second-order valence-electron chi connectivity index (χ2n) is 5.61. The fraction of sp³-hybridized carbons (Fsp3) is 0.533. The van der Waals surface area contributed by atoms with E-state index in [2.05, 4.69) is 10.2 Å². The molecule has 0 radical (unpaired) electrons. The SMILES string of the molecule is C[C@@H](N)C(=O)N[C@@H]1CCCN(Cc2ccc(F)cc2Cl)C1. The lowest BCUT2D eigenvalue weighted by atomic mass is 10.0. The van der Waals surface area contributed by atoms with Gasteiger partial charge in [-0.05, 0) is 44.0 Å². The number of rotatable bonds is 4. The Morgan fingerprint density at radius 1 is 1.62 bits per heavy atom. The van der Waals surface area contributed by atoms with Crippen molar-refractivity contribution in [1.82, 2.24) is 10.2 Å². The van der Waals surface area contributed by atoms with Crippen molar-refractivity contribution in [3.05, 3.63) is 34.6 Å². The Bertz CT molecular complexity index is 510. The third-order valence-electron chi connectivity index (χ3n) is 3.67. The molecule has 1 saturated heterocycles. The molecule has 2 atom stereocenters. The van der Waals surface area contributed by atoms with Crippen LogP contribution in [0.15, 0.2) is 18.2 Å². The summed E-state index contributed by atoms with van der Waals surface area (Å²) in [7, 11) is 0. The first kappa shape index (κ1) is 16.2. The fourth-order valence-electron chi connectivity index (χ4n) is 2.54. The Labute approximate surface area is 129 Å². The van der Waals surface area contributed by atoms with Gasteiger partial charge in [-0.3, -0.25) is 9.69 Å². The summed E-state index contributed by atoms with van der Waals surface area (Å²) in [4.78, 5) is 13.9. The van der Waals surface area contributed by atoms with Crippen LogP contribution < -0.4 is 11.1 Å². The van der Waals surface area contributed by atoms with Crippen LogP contribution >= 0.6 is 11.6 Å². The Kier molecular flexibility index (Phi) is 5.56. The van der Waals surface area contributed by atoms with Gasteiger partial charge in [-0.25, -0.2) is 4.39 Å². The average Bonchev–Trinajstić information content (AvgIpc) is 2.42. The van der Waals surface area contributed by atoms with Crippen LogP contribution in [0.25, 0.3) is 0 Å². The fourth-order valence-corrected chi connectivity index (χ4v) is 2.77. The highest BCUT2D eigenvalue weighted by molar-refractivity contribution is 6.31. The highest BCUT2D eigenvalue weighted by Gasteiger charge is 2.22. The van der Waals surface area contributed by atoms with E-state index in [0.717, 1.165) is 31.5 Å². The van der Waals surface area contributed by atoms with Gasteiger partial charge in [0, 0.05) is 24.2 Å². The normalized spacial score (nSPS) is 21.0. The number of nitrogens with one attached hydrogen (secondary N) is 1. The number of nitrogens with two attached hydrogens (primary N) is 1. The summed E-state index contributed by atoms with van der Waals surface area (Å²) in [5.74, 6) is -0.453. The second kappa shape index (κ2) is 7.20. The zero-order valence-electron chi connectivity index (χ0n) is 12.1. The Balaban J connectivity index is 1.93. The van der Waals surface area contributed by atoms with Gasteiger partial charge >= 0.3 is 0 Å². The van der Waals surface area contributed by atoms with E-state index in [1.54, 1.807) is 13.0 Å². The van der Waals surface area contributed by atoms with Crippen molar-refractivity contribution < 1.29 is 9.18 Å². The third kappa shape index (κ3) is 4.66. The van der Waals surface area contributed by atoms with E-state index in [1.807, 2.05) is 0 Å². The van der Waals surface area contributed by atoms with Gasteiger partial charge in [0.2, 0.25) is 5.91 Å². The molecule has 1 aliphatic heterocycles. The molecule has 4 nitrogen and oxygen atoms in total. The first-order valence-electron chi connectivity index (χ1n) is 7.18. The number of hydrogen-bond acceptors (Lipinski definition) is 3. The molecule has 3 N–H and O–H groups in total. The predicted molar refractivity (Wildman–Crippen MR) is 81.5 cm³/mol. The molecule has 0 aromatic heterocycles. The summed E-state index contributed by atoms with van der Waals surface area (Å²) >= 11 is 6.06. The second-order valence-corrected chi connectivity index (χ2v) is 6.01. The van der Waals surface area contributed by atoms with Crippen LogP contribution in [0.4, 0.5) is 4.39 Å². The summed E-state index contributed by atoms with van der Waals surface area (Å²) in [6.07, 6.45) is 1.95. The van der Waals surface area contributed by atoms with Crippen LogP contribution in [-0.4, -0.2) is 36.0 Å². The van der Waals surface area contributed by atoms with Gasteiger partial charge in [0.1, 0.15) is 5.82 Å². The highest BCUT2D eigenvalue weighted by Crippen LogP contribution is 2.21. The van der Waals surface area contributed by atoms with Gasteiger partial charge in [0.05, 0.1) is 6.04 Å². The topological polar surface area (TPSA) is 58.4 Å². The number of halogens is 2. The molecule has 1 aromatic carbocycles. The standard InChI is InChI=1S/C15H21ClFN3O/c1-10(18)15(21)19-13-3-2-6-20(9-13)8-11-4-5-12(17)7-14(11)16/h4-5,7,10,13H,2-3,6,8-9,18H2,1H3,(H,19,21)/t10-,13-/m1/s1. The van der Waals surface area contributed by atoms with E-state index < -0.39 is 6.04 Å². The summed E-state index contributed by atoms with van der Waals surface area (Å²) in [5.41, 5.74) is 6.47. The van der Waals surface area contributed by atoms with Crippen LogP contribution in [0, 0.1) is 5.82 Å². The van der Waals surface area contributed by atoms with Crippen molar-refractivity contribution in [2.24, 2.45) is 5.73 Å². The van der Waals surface area contributed by atoms with Gasteiger partial charge in [0.15, 0.2) is 0 Å². The molecular weight excluding hydrogens is 293 g/mol. The average molecular weight is 314 g/mol. The third-order valence-corrected chi connectivity index (χ3v) is 4.03. The molecule has 0 spiro atoms. The maximum absolute atomic E-state index is 13.0. The van der Waals surface area contributed by atoms with Gasteiger partial charge in [-0.1, -0.05) is 17.7 Å². The molecule has 2 rings (SSSR count). The molecule has 1 amide bonds. The molecule has 1 heterocycles. The first-order valence-corrected chi connectivity index (χ1v) is 7.55.